The van der Waals surface area contributed by atoms with Crippen molar-refractivity contribution in [1.29, 1.82) is 0 Å². The Morgan fingerprint density at radius 1 is 1.53 bits per heavy atom. The zero-order valence-electron chi connectivity index (χ0n) is 9.09. The fraction of sp³-hybridized carbons (Fsp3) is 0.417. The minimum atomic E-state index is -0.309. The van der Waals surface area contributed by atoms with Gasteiger partial charge in [-0.15, -0.1) is 0 Å². The number of hydrogen-bond acceptors (Lipinski definition) is 2. The lowest BCUT2D eigenvalue weighted by molar-refractivity contribution is 0.0977. The average molecular weight is 209 g/mol. The Morgan fingerprint density at radius 3 is 2.73 bits per heavy atom. The van der Waals surface area contributed by atoms with Crippen LogP contribution in [0.1, 0.15) is 35.7 Å². The van der Waals surface area contributed by atoms with Crippen LogP contribution in [0.2, 0.25) is 0 Å². The van der Waals surface area contributed by atoms with E-state index in [1.165, 1.54) is 18.2 Å². The third-order valence-corrected chi connectivity index (χ3v) is 2.32. The van der Waals surface area contributed by atoms with Crippen LogP contribution in [-0.4, -0.2) is 11.8 Å². The lowest BCUT2D eigenvalue weighted by atomic mass is 10.00. The molecule has 3 heteroatoms. The van der Waals surface area contributed by atoms with E-state index in [2.05, 4.69) is 0 Å². The summed E-state index contributed by atoms with van der Waals surface area (Å²) >= 11 is 0. The third-order valence-electron chi connectivity index (χ3n) is 2.32. The van der Waals surface area contributed by atoms with Crippen molar-refractivity contribution in [3.8, 4) is 0 Å². The molecule has 0 radical (unpaired) electrons. The molecule has 0 fully saturated rings. The van der Waals surface area contributed by atoms with E-state index < -0.39 is 0 Å². The molecule has 1 aromatic carbocycles. The standard InChI is InChI=1S/C12H16FNO/c1-8-7-10(13)4-5-11(8)12(15)6-3-9(2)14/h4-5,7,9H,3,6,14H2,1-2H3. The van der Waals surface area contributed by atoms with Crippen molar-refractivity contribution in [3.63, 3.8) is 0 Å². The van der Waals surface area contributed by atoms with Gasteiger partial charge in [0, 0.05) is 18.0 Å². The molecule has 0 saturated carbocycles. The van der Waals surface area contributed by atoms with E-state index in [0.29, 0.717) is 24.0 Å². The normalized spacial score (nSPS) is 12.5. The summed E-state index contributed by atoms with van der Waals surface area (Å²) in [7, 11) is 0. The smallest absolute Gasteiger partial charge is 0.163 e. The van der Waals surface area contributed by atoms with Crippen LogP contribution in [0, 0.1) is 12.7 Å². The van der Waals surface area contributed by atoms with Crippen molar-refractivity contribution in [2.45, 2.75) is 32.7 Å². The number of Topliss-reactive ketones (excluding diaryl/α,β-unsaturated/α-hetero) is 1. The van der Waals surface area contributed by atoms with E-state index in [1.54, 1.807) is 6.92 Å². The molecule has 0 bridgehead atoms. The maximum Gasteiger partial charge on any atom is 0.163 e. The molecule has 0 saturated heterocycles. The number of hydrogen-bond donors (Lipinski definition) is 1. The van der Waals surface area contributed by atoms with Gasteiger partial charge in [-0.2, -0.15) is 0 Å². The molecule has 1 atom stereocenters. The highest BCUT2D eigenvalue weighted by Crippen LogP contribution is 2.13. The fourth-order valence-corrected chi connectivity index (χ4v) is 1.43. The van der Waals surface area contributed by atoms with Crippen LogP contribution >= 0.6 is 0 Å². The van der Waals surface area contributed by atoms with Crippen LogP contribution in [0.4, 0.5) is 4.39 Å². The zero-order valence-corrected chi connectivity index (χ0v) is 9.09. The summed E-state index contributed by atoms with van der Waals surface area (Å²) in [4.78, 5) is 11.7. The minimum absolute atomic E-state index is 0.0229. The summed E-state index contributed by atoms with van der Waals surface area (Å²) in [6.45, 7) is 3.60. The average Bonchev–Trinajstić information content (AvgIpc) is 2.14. The quantitative estimate of drug-likeness (QED) is 0.774. The van der Waals surface area contributed by atoms with Crippen molar-refractivity contribution in [2.24, 2.45) is 5.73 Å². The molecular weight excluding hydrogens is 193 g/mol. The number of benzene rings is 1. The highest BCUT2D eigenvalue weighted by Gasteiger charge is 2.10. The Morgan fingerprint density at radius 2 is 2.20 bits per heavy atom. The first-order valence-electron chi connectivity index (χ1n) is 5.05. The zero-order chi connectivity index (χ0) is 11.4. The molecule has 15 heavy (non-hydrogen) atoms. The Labute approximate surface area is 89.3 Å². The molecular formula is C12H16FNO. The topological polar surface area (TPSA) is 43.1 Å². The van der Waals surface area contributed by atoms with E-state index >= 15 is 0 Å². The van der Waals surface area contributed by atoms with Gasteiger partial charge in [0.2, 0.25) is 0 Å². The van der Waals surface area contributed by atoms with E-state index in [-0.39, 0.29) is 17.6 Å². The monoisotopic (exact) mass is 209 g/mol. The van der Waals surface area contributed by atoms with Crippen LogP contribution in [0.25, 0.3) is 0 Å². The minimum Gasteiger partial charge on any atom is -0.328 e. The van der Waals surface area contributed by atoms with Gasteiger partial charge >= 0.3 is 0 Å². The largest absolute Gasteiger partial charge is 0.328 e. The van der Waals surface area contributed by atoms with E-state index in [9.17, 15) is 9.18 Å². The van der Waals surface area contributed by atoms with Crippen molar-refractivity contribution >= 4 is 5.78 Å². The second-order valence-electron chi connectivity index (χ2n) is 3.90. The van der Waals surface area contributed by atoms with Crippen molar-refractivity contribution in [1.82, 2.24) is 0 Å². The van der Waals surface area contributed by atoms with Gasteiger partial charge in [0.25, 0.3) is 0 Å². The number of ketones is 1. The van der Waals surface area contributed by atoms with Gasteiger partial charge in [0.15, 0.2) is 5.78 Å². The van der Waals surface area contributed by atoms with E-state index in [0.717, 1.165) is 0 Å². The molecule has 0 amide bonds. The SMILES string of the molecule is Cc1cc(F)ccc1C(=O)CCC(C)N. The highest BCUT2D eigenvalue weighted by molar-refractivity contribution is 5.97. The van der Waals surface area contributed by atoms with Gasteiger partial charge in [0.05, 0.1) is 0 Å². The summed E-state index contributed by atoms with van der Waals surface area (Å²) in [5.41, 5.74) is 6.85. The van der Waals surface area contributed by atoms with Crippen LogP contribution in [0.3, 0.4) is 0 Å². The first-order valence-corrected chi connectivity index (χ1v) is 5.05. The first kappa shape index (κ1) is 11.9. The number of carbonyl (C=O) groups excluding carboxylic acids is 1. The van der Waals surface area contributed by atoms with Crippen molar-refractivity contribution < 1.29 is 9.18 Å². The number of aryl methyl sites for hydroxylation is 1. The molecule has 0 aromatic heterocycles. The lowest BCUT2D eigenvalue weighted by Gasteiger charge is -2.06. The Bertz CT molecular complexity index is 361. The maximum absolute atomic E-state index is 12.8. The first-order chi connectivity index (χ1) is 7.00. The summed E-state index contributed by atoms with van der Waals surface area (Å²) in [5.74, 6) is -0.277. The molecule has 82 valence electrons. The fourth-order valence-electron chi connectivity index (χ4n) is 1.43. The summed E-state index contributed by atoms with van der Waals surface area (Å²) in [5, 5.41) is 0. The van der Waals surface area contributed by atoms with Crippen LogP contribution in [0.15, 0.2) is 18.2 Å². The van der Waals surface area contributed by atoms with Gasteiger partial charge in [-0.05, 0) is 44.0 Å². The number of halogens is 1. The predicted molar refractivity (Wildman–Crippen MR) is 58.4 cm³/mol. The second-order valence-corrected chi connectivity index (χ2v) is 3.90. The molecule has 1 aromatic rings. The molecule has 0 aliphatic rings. The van der Waals surface area contributed by atoms with Gasteiger partial charge in [-0.25, -0.2) is 4.39 Å². The second kappa shape index (κ2) is 5.03. The molecule has 1 unspecified atom stereocenters. The Hall–Kier alpha value is -1.22. The van der Waals surface area contributed by atoms with Gasteiger partial charge in [-0.3, -0.25) is 4.79 Å². The Kier molecular flexibility index (Phi) is 3.97. The molecule has 0 aliphatic heterocycles. The highest BCUT2D eigenvalue weighted by atomic mass is 19.1. The van der Waals surface area contributed by atoms with Crippen molar-refractivity contribution in [2.75, 3.05) is 0 Å². The lowest BCUT2D eigenvalue weighted by Crippen LogP contribution is -2.16. The summed E-state index contributed by atoms with van der Waals surface area (Å²) < 4.78 is 12.8. The third kappa shape index (κ3) is 3.44. The molecule has 0 heterocycles. The molecule has 0 aliphatic carbocycles. The maximum atomic E-state index is 12.8. The molecule has 1 rings (SSSR count). The van der Waals surface area contributed by atoms with E-state index in [1.807, 2.05) is 6.92 Å². The molecule has 0 spiro atoms. The van der Waals surface area contributed by atoms with Gasteiger partial charge in [0.1, 0.15) is 5.82 Å². The Balaban J connectivity index is 2.74. The summed E-state index contributed by atoms with van der Waals surface area (Å²) in [6.07, 6.45) is 1.08. The number of rotatable bonds is 4. The van der Waals surface area contributed by atoms with E-state index in [4.69, 9.17) is 5.73 Å². The molecule has 2 nitrogen and oxygen atoms in total. The van der Waals surface area contributed by atoms with Crippen molar-refractivity contribution in [3.05, 3.63) is 35.1 Å². The molecule has 2 N–H and O–H groups in total. The van der Waals surface area contributed by atoms with Gasteiger partial charge in [-0.1, -0.05) is 0 Å². The number of nitrogens with two attached hydrogens (primary N) is 1. The van der Waals surface area contributed by atoms with Crippen LogP contribution in [-0.2, 0) is 0 Å². The van der Waals surface area contributed by atoms with Crippen LogP contribution < -0.4 is 5.73 Å². The van der Waals surface area contributed by atoms with Crippen LogP contribution in [0.5, 0.6) is 0 Å². The predicted octanol–water partition coefficient (Wildman–Crippen LogP) is 2.44. The summed E-state index contributed by atoms with van der Waals surface area (Å²) in [6, 6.07) is 4.24. The van der Waals surface area contributed by atoms with Gasteiger partial charge < -0.3 is 5.73 Å². The number of carbonyl (C=O) groups is 1.